The largest absolute Gasteiger partial charge is 0.377 e. The zero-order chi connectivity index (χ0) is 10.8. The van der Waals surface area contributed by atoms with Crippen molar-refractivity contribution in [3.8, 4) is 12.3 Å². The standard InChI is InChI=1S/C13H20O/c1-5-7-8-13(14,6-2)12-9-11(12)10(3)4/h2,11-12,14H,3,5,7-9H2,1,4H3/t11-,12+,13?/m1/s1. The minimum Gasteiger partial charge on any atom is -0.377 e. The molecule has 0 spiro atoms. The normalized spacial score (nSPS) is 29.0. The molecule has 0 aliphatic heterocycles. The zero-order valence-electron chi connectivity index (χ0n) is 9.21. The van der Waals surface area contributed by atoms with Crippen molar-refractivity contribution in [3.63, 3.8) is 0 Å². The highest BCUT2D eigenvalue weighted by atomic mass is 16.3. The van der Waals surface area contributed by atoms with Crippen molar-refractivity contribution in [1.82, 2.24) is 0 Å². The Morgan fingerprint density at radius 3 is 2.71 bits per heavy atom. The van der Waals surface area contributed by atoms with E-state index in [4.69, 9.17) is 6.42 Å². The molecule has 1 saturated carbocycles. The highest BCUT2D eigenvalue weighted by molar-refractivity contribution is 5.22. The SMILES string of the molecule is C#CC(O)(CCCC)[C@H]1C[C@@H]1C(=C)C. The molecule has 1 heteroatoms. The van der Waals surface area contributed by atoms with Gasteiger partial charge in [-0.3, -0.25) is 0 Å². The molecule has 0 aromatic rings. The van der Waals surface area contributed by atoms with Crippen LogP contribution in [0.25, 0.3) is 0 Å². The summed E-state index contributed by atoms with van der Waals surface area (Å²) in [6.07, 6.45) is 9.24. The van der Waals surface area contributed by atoms with Gasteiger partial charge in [0.25, 0.3) is 0 Å². The lowest BCUT2D eigenvalue weighted by Gasteiger charge is -2.22. The quantitative estimate of drug-likeness (QED) is 0.524. The van der Waals surface area contributed by atoms with E-state index in [9.17, 15) is 5.11 Å². The Labute approximate surface area is 87.2 Å². The molecule has 1 aliphatic rings. The molecule has 1 unspecified atom stereocenters. The van der Waals surface area contributed by atoms with Crippen LogP contribution in [0.1, 0.15) is 39.5 Å². The molecular weight excluding hydrogens is 172 g/mol. The van der Waals surface area contributed by atoms with Crippen molar-refractivity contribution in [1.29, 1.82) is 0 Å². The van der Waals surface area contributed by atoms with E-state index in [2.05, 4.69) is 19.4 Å². The number of unbranched alkanes of at least 4 members (excludes halogenated alkanes) is 1. The third kappa shape index (κ3) is 2.19. The van der Waals surface area contributed by atoms with Gasteiger partial charge in [-0.25, -0.2) is 0 Å². The van der Waals surface area contributed by atoms with Gasteiger partial charge in [-0.05, 0) is 32.1 Å². The second-order valence-electron chi connectivity index (χ2n) is 4.47. The fourth-order valence-corrected chi connectivity index (χ4v) is 2.08. The Balaban J connectivity index is 2.56. The summed E-state index contributed by atoms with van der Waals surface area (Å²) in [6.45, 7) is 8.04. The molecule has 1 N–H and O–H groups in total. The van der Waals surface area contributed by atoms with Crippen LogP contribution in [0, 0.1) is 24.2 Å². The van der Waals surface area contributed by atoms with E-state index >= 15 is 0 Å². The molecule has 0 amide bonds. The molecule has 1 nitrogen and oxygen atoms in total. The van der Waals surface area contributed by atoms with Crippen LogP contribution in [0.15, 0.2) is 12.2 Å². The lowest BCUT2D eigenvalue weighted by atomic mass is 9.90. The van der Waals surface area contributed by atoms with E-state index in [-0.39, 0.29) is 5.92 Å². The summed E-state index contributed by atoms with van der Waals surface area (Å²) in [6, 6.07) is 0. The third-order valence-corrected chi connectivity index (χ3v) is 3.20. The fraction of sp³-hybridized carbons (Fsp3) is 0.692. The second-order valence-corrected chi connectivity index (χ2v) is 4.47. The molecule has 3 atom stereocenters. The predicted octanol–water partition coefficient (Wildman–Crippen LogP) is 2.75. The van der Waals surface area contributed by atoms with Crippen molar-refractivity contribution >= 4 is 0 Å². The Bertz CT molecular complexity index is 261. The van der Waals surface area contributed by atoms with Crippen LogP contribution in [-0.2, 0) is 0 Å². The molecule has 1 aliphatic carbocycles. The molecular formula is C13H20O. The molecule has 0 saturated heterocycles. The molecule has 78 valence electrons. The first-order chi connectivity index (χ1) is 6.55. The summed E-state index contributed by atoms with van der Waals surface area (Å²) < 4.78 is 0. The maximum atomic E-state index is 10.2. The van der Waals surface area contributed by atoms with Gasteiger partial charge in [-0.1, -0.05) is 31.4 Å². The van der Waals surface area contributed by atoms with E-state index in [1.54, 1.807) is 0 Å². The van der Waals surface area contributed by atoms with Gasteiger partial charge in [0, 0.05) is 5.92 Å². The molecule has 0 heterocycles. The molecule has 14 heavy (non-hydrogen) atoms. The van der Waals surface area contributed by atoms with Crippen molar-refractivity contribution < 1.29 is 5.11 Å². The summed E-state index contributed by atoms with van der Waals surface area (Å²) in [5, 5.41) is 10.2. The first-order valence-electron chi connectivity index (χ1n) is 5.40. The molecule has 1 fully saturated rings. The number of hydrogen-bond donors (Lipinski definition) is 1. The van der Waals surface area contributed by atoms with Gasteiger partial charge in [0.2, 0.25) is 0 Å². The van der Waals surface area contributed by atoms with E-state index in [1.807, 2.05) is 6.92 Å². The minimum absolute atomic E-state index is 0.261. The Kier molecular flexibility index (Phi) is 3.39. The summed E-state index contributed by atoms with van der Waals surface area (Å²) >= 11 is 0. The number of hydrogen-bond acceptors (Lipinski definition) is 1. The van der Waals surface area contributed by atoms with Crippen LogP contribution in [0.2, 0.25) is 0 Å². The van der Waals surface area contributed by atoms with E-state index in [1.165, 1.54) is 0 Å². The topological polar surface area (TPSA) is 20.2 Å². The first-order valence-corrected chi connectivity index (χ1v) is 5.40. The molecule has 0 aromatic heterocycles. The van der Waals surface area contributed by atoms with Gasteiger partial charge < -0.3 is 5.11 Å². The number of rotatable bonds is 5. The average Bonchev–Trinajstić information content (AvgIpc) is 2.94. The van der Waals surface area contributed by atoms with Crippen molar-refractivity contribution in [2.24, 2.45) is 11.8 Å². The van der Waals surface area contributed by atoms with Crippen molar-refractivity contribution in [3.05, 3.63) is 12.2 Å². The highest BCUT2D eigenvalue weighted by Gasteiger charge is 2.50. The fourth-order valence-electron chi connectivity index (χ4n) is 2.08. The van der Waals surface area contributed by atoms with Crippen LogP contribution >= 0.6 is 0 Å². The maximum Gasteiger partial charge on any atom is 0.128 e. The minimum atomic E-state index is -0.875. The average molecular weight is 192 g/mol. The molecule has 0 bridgehead atoms. The third-order valence-electron chi connectivity index (χ3n) is 3.20. The molecule has 0 aromatic carbocycles. The Hall–Kier alpha value is -0.740. The summed E-state index contributed by atoms with van der Waals surface area (Å²) in [7, 11) is 0. The zero-order valence-corrected chi connectivity index (χ0v) is 9.21. The van der Waals surface area contributed by atoms with Crippen LogP contribution < -0.4 is 0 Å². The monoisotopic (exact) mass is 192 g/mol. The van der Waals surface area contributed by atoms with E-state index in [0.717, 1.165) is 31.3 Å². The van der Waals surface area contributed by atoms with E-state index in [0.29, 0.717) is 5.92 Å². The van der Waals surface area contributed by atoms with Gasteiger partial charge >= 0.3 is 0 Å². The van der Waals surface area contributed by atoms with Gasteiger partial charge in [0.1, 0.15) is 5.60 Å². The Morgan fingerprint density at radius 2 is 2.36 bits per heavy atom. The van der Waals surface area contributed by atoms with Crippen LogP contribution in [-0.4, -0.2) is 10.7 Å². The lowest BCUT2D eigenvalue weighted by Crippen LogP contribution is -2.30. The second kappa shape index (κ2) is 4.19. The van der Waals surface area contributed by atoms with Crippen LogP contribution in [0.3, 0.4) is 0 Å². The van der Waals surface area contributed by atoms with Crippen LogP contribution in [0.5, 0.6) is 0 Å². The van der Waals surface area contributed by atoms with Crippen molar-refractivity contribution in [2.45, 2.75) is 45.1 Å². The number of terminal acetylenes is 1. The number of aliphatic hydroxyl groups is 1. The first kappa shape index (κ1) is 11.3. The summed E-state index contributed by atoms with van der Waals surface area (Å²) in [4.78, 5) is 0. The van der Waals surface area contributed by atoms with E-state index < -0.39 is 5.60 Å². The van der Waals surface area contributed by atoms with Crippen molar-refractivity contribution in [2.75, 3.05) is 0 Å². The Morgan fingerprint density at radius 1 is 1.71 bits per heavy atom. The molecule has 1 rings (SSSR count). The molecule has 0 radical (unpaired) electrons. The maximum absolute atomic E-state index is 10.2. The highest BCUT2D eigenvalue weighted by Crippen LogP contribution is 2.51. The van der Waals surface area contributed by atoms with Gasteiger partial charge in [-0.2, -0.15) is 0 Å². The number of allylic oxidation sites excluding steroid dienone is 1. The summed E-state index contributed by atoms with van der Waals surface area (Å²) in [5.74, 6) is 3.29. The lowest BCUT2D eigenvalue weighted by molar-refractivity contribution is 0.0623. The smallest absolute Gasteiger partial charge is 0.128 e. The van der Waals surface area contributed by atoms with Gasteiger partial charge in [0.15, 0.2) is 0 Å². The summed E-state index contributed by atoms with van der Waals surface area (Å²) in [5.41, 5.74) is 0.278. The predicted molar refractivity (Wildman–Crippen MR) is 59.7 cm³/mol. The van der Waals surface area contributed by atoms with Gasteiger partial charge in [0.05, 0.1) is 0 Å². The van der Waals surface area contributed by atoms with Crippen LogP contribution in [0.4, 0.5) is 0 Å². The van der Waals surface area contributed by atoms with Gasteiger partial charge in [-0.15, -0.1) is 6.42 Å².